The van der Waals surface area contributed by atoms with Crippen LogP contribution < -0.4 is 10.6 Å². The zero-order valence-electron chi connectivity index (χ0n) is 15.6. The third-order valence-electron chi connectivity index (χ3n) is 4.50. The van der Waals surface area contributed by atoms with E-state index in [4.69, 9.17) is 8.94 Å². The Morgan fingerprint density at radius 1 is 1.00 bits per heavy atom. The zero-order valence-corrected chi connectivity index (χ0v) is 16.5. The molecular formula is C23H25O3P. The van der Waals surface area contributed by atoms with Crippen molar-refractivity contribution in [3.05, 3.63) is 96.5 Å². The predicted octanol–water partition coefficient (Wildman–Crippen LogP) is 5.49. The second kappa shape index (κ2) is 9.55. The van der Waals surface area contributed by atoms with Crippen LogP contribution in [-0.2, 0) is 15.5 Å². The van der Waals surface area contributed by atoms with Gasteiger partial charge in [0.1, 0.15) is 0 Å². The molecule has 0 saturated heterocycles. The maximum absolute atomic E-state index is 13.7. The minimum absolute atomic E-state index is 0.332. The molecule has 0 N–H and O–H groups in total. The number of rotatable bonds is 9. The van der Waals surface area contributed by atoms with Crippen LogP contribution in [0.15, 0.2) is 95.3 Å². The van der Waals surface area contributed by atoms with Crippen LogP contribution in [0.25, 0.3) is 0 Å². The summed E-state index contributed by atoms with van der Waals surface area (Å²) >= 11 is 0. The van der Waals surface area contributed by atoms with Gasteiger partial charge in [-0.2, -0.15) is 0 Å². The Kier molecular flexibility index (Phi) is 6.86. The Bertz CT molecular complexity index is 840. The van der Waals surface area contributed by atoms with E-state index in [1.54, 1.807) is 12.5 Å². The Hall–Kier alpha value is -2.35. The van der Waals surface area contributed by atoms with Crippen molar-refractivity contribution in [3.63, 3.8) is 0 Å². The minimum atomic E-state index is -3.10. The van der Waals surface area contributed by atoms with Crippen LogP contribution in [0, 0.1) is 0 Å². The molecule has 27 heavy (non-hydrogen) atoms. The topological polar surface area (TPSA) is 39.4 Å². The fourth-order valence-electron chi connectivity index (χ4n) is 2.94. The van der Waals surface area contributed by atoms with E-state index in [9.17, 15) is 4.57 Å². The van der Waals surface area contributed by atoms with E-state index in [0.717, 1.165) is 29.9 Å². The summed E-state index contributed by atoms with van der Waals surface area (Å²) in [4.78, 5) is 0. The first-order valence-corrected chi connectivity index (χ1v) is 10.8. The zero-order chi connectivity index (χ0) is 19.0. The smallest absolute Gasteiger partial charge is 0.261 e. The second-order valence-electron chi connectivity index (χ2n) is 6.55. The van der Waals surface area contributed by atoms with Gasteiger partial charge in [-0.05, 0) is 62.1 Å². The molecule has 0 radical (unpaired) electrons. The van der Waals surface area contributed by atoms with Gasteiger partial charge in [-0.1, -0.05) is 48.0 Å². The highest BCUT2D eigenvalue weighted by Gasteiger charge is 2.27. The molecule has 0 aliphatic carbocycles. The molecule has 0 unspecified atom stereocenters. The lowest BCUT2D eigenvalue weighted by atomic mass is 10.1. The summed E-state index contributed by atoms with van der Waals surface area (Å²) in [6.45, 7) is 2.42. The number of hydrogen-bond donors (Lipinski definition) is 0. The first-order valence-electron chi connectivity index (χ1n) is 9.21. The van der Waals surface area contributed by atoms with Gasteiger partial charge in [0.15, 0.2) is 0 Å². The van der Waals surface area contributed by atoms with Crippen molar-refractivity contribution in [1.29, 1.82) is 0 Å². The highest BCUT2D eigenvalue weighted by atomic mass is 31.2. The highest BCUT2D eigenvalue weighted by Crippen LogP contribution is 2.44. The molecule has 4 heteroatoms. The molecule has 0 saturated carbocycles. The second-order valence-corrected chi connectivity index (χ2v) is 8.95. The predicted molar refractivity (Wildman–Crippen MR) is 111 cm³/mol. The first kappa shape index (κ1) is 19.4. The SMILES string of the molecule is C/C(=C\COP(=O)(c1ccccc1)c1ccccc1)CCCc1ccoc1. The lowest BCUT2D eigenvalue weighted by molar-refractivity contribution is 0.367. The van der Waals surface area contributed by atoms with Crippen LogP contribution in [0.5, 0.6) is 0 Å². The van der Waals surface area contributed by atoms with Crippen molar-refractivity contribution < 1.29 is 13.5 Å². The molecule has 2 aromatic carbocycles. The van der Waals surface area contributed by atoms with Crippen molar-refractivity contribution in [2.45, 2.75) is 26.2 Å². The Balaban J connectivity index is 1.64. The molecule has 0 amide bonds. The van der Waals surface area contributed by atoms with E-state index >= 15 is 0 Å². The fraction of sp³-hybridized carbons (Fsp3) is 0.217. The van der Waals surface area contributed by atoms with Gasteiger partial charge in [-0.3, -0.25) is 4.57 Å². The van der Waals surface area contributed by atoms with Gasteiger partial charge in [-0.15, -0.1) is 0 Å². The normalized spacial score (nSPS) is 12.3. The Labute approximate surface area is 161 Å². The number of allylic oxidation sites excluding steroid dienone is 1. The molecule has 1 aromatic heterocycles. The van der Waals surface area contributed by atoms with E-state index < -0.39 is 7.37 Å². The van der Waals surface area contributed by atoms with Gasteiger partial charge in [-0.25, -0.2) is 0 Å². The van der Waals surface area contributed by atoms with Crippen LogP contribution >= 0.6 is 7.37 Å². The van der Waals surface area contributed by atoms with E-state index in [1.807, 2.05) is 72.8 Å². The molecular weight excluding hydrogens is 355 g/mol. The summed E-state index contributed by atoms with van der Waals surface area (Å²) in [7, 11) is -3.10. The van der Waals surface area contributed by atoms with Crippen LogP contribution in [0.2, 0.25) is 0 Å². The maximum atomic E-state index is 13.7. The summed E-state index contributed by atoms with van der Waals surface area (Å²) < 4.78 is 24.8. The standard InChI is InChI=1S/C23H25O3P/c1-20(9-8-10-21-16-17-25-19-21)15-18-26-27(24,22-11-4-2-5-12-22)23-13-6-3-7-14-23/h2-7,11-17,19H,8-10,18H2,1H3/b20-15+. The van der Waals surface area contributed by atoms with Crippen molar-refractivity contribution in [1.82, 2.24) is 0 Å². The van der Waals surface area contributed by atoms with E-state index in [-0.39, 0.29) is 0 Å². The Morgan fingerprint density at radius 2 is 1.63 bits per heavy atom. The number of aryl methyl sites for hydroxylation is 1. The van der Waals surface area contributed by atoms with Gasteiger partial charge >= 0.3 is 0 Å². The molecule has 0 aliphatic rings. The average Bonchev–Trinajstić information content (AvgIpc) is 3.23. The van der Waals surface area contributed by atoms with E-state index in [2.05, 4.69) is 6.92 Å². The van der Waals surface area contributed by atoms with Gasteiger partial charge < -0.3 is 8.94 Å². The minimum Gasteiger partial charge on any atom is -0.472 e. The third-order valence-corrected chi connectivity index (χ3v) is 6.97. The summed E-state index contributed by atoms with van der Waals surface area (Å²) in [5, 5.41) is 1.45. The van der Waals surface area contributed by atoms with Crippen LogP contribution in [0.1, 0.15) is 25.3 Å². The molecule has 3 nitrogen and oxygen atoms in total. The molecule has 0 fully saturated rings. The van der Waals surface area contributed by atoms with Gasteiger partial charge in [0.05, 0.1) is 19.1 Å². The summed E-state index contributed by atoms with van der Waals surface area (Å²) in [6, 6.07) is 20.9. The molecule has 0 aliphatic heterocycles. The molecule has 3 rings (SSSR count). The molecule has 3 aromatic rings. The number of hydrogen-bond acceptors (Lipinski definition) is 3. The molecule has 140 valence electrons. The van der Waals surface area contributed by atoms with Crippen LogP contribution in [-0.4, -0.2) is 6.61 Å². The number of furan rings is 1. The Morgan fingerprint density at radius 3 is 2.19 bits per heavy atom. The van der Waals surface area contributed by atoms with Crippen molar-refractivity contribution in [2.24, 2.45) is 0 Å². The van der Waals surface area contributed by atoms with Crippen molar-refractivity contribution in [2.75, 3.05) is 6.61 Å². The number of benzene rings is 2. The quantitative estimate of drug-likeness (QED) is 0.364. The first-order chi connectivity index (χ1) is 13.2. The van der Waals surface area contributed by atoms with E-state index in [0.29, 0.717) is 6.61 Å². The molecule has 0 atom stereocenters. The highest BCUT2D eigenvalue weighted by molar-refractivity contribution is 7.74. The van der Waals surface area contributed by atoms with Gasteiger partial charge in [0, 0.05) is 10.6 Å². The monoisotopic (exact) mass is 380 g/mol. The van der Waals surface area contributed by atoms with Crippen LogP contribution in [0.4, 0.5) is 0 Å². The lowest BCUT2D eigenvalue weighted by Crippen LogP contribution is -2.18. The van der Waals surface area contributed by atoms with Gasteiger partial charge in [0.2, 0.25) is 0 Å². The molecule has 0 bridgehead atoms. The maximum Gasteiger partial charge on any atom is 0.261 e. The average molecular weight is 380 g/mol. The summed E-state index contributed by atoms with van der Waals surface area (Å²) in [5.41, 5.74) is 2.46. The van der Waals surface area contributed by atoms with Gasteiger partial charge in [0.25, 0.3) is 7.37 Å². The van der Waals surface area contributed by atoms with E-state index in [1.165, 1.54) is 11.1 Å². The van der Waals surface area contributed by atoms with Crippen LogP contribution in [0.3, 0.4) is 0 Å². The summed E-state index contributed by atoms with van der Waals surface area (Å²) in [5.74, 6) is 0. The largest absolute Gasteiger partial charge is 0.472 e. The fourth-order valence-corrected chi connectivity index (χ4v) is 4.95. The summed E-state index contributed by atoms with van der Waals surface area (Å²) in [6.07, 6.45) is 8.56. The third kappa shape index (κ3) is 5.32. The van der Waals surface area contributed by atoms with Crippen molar-refractivity contribution >= 4 is 18.0 Å². The van der Waals surface area contributed by atoms with Crippen molar-refractivity contribution in [3.8, 4) is 0 Å². The molecule has 0 spiro atoms. The lowest BCUT2D eigenvalue weighted by Gasteiger charge is -2.18. The molecule has 1 heterocycles.